The number of ether oxygens (including phenoxy) is 1. The summed E-state index contributed by atoms with van der Waals surface area (Å²) in [4.78, 5) is 3.91. The molecule has 19 heavy (non-hydrogen) atoms. The quantitative estimate of drug-likeness (QED) is 0.931. The molecule has 0 fully saturated rings. The van der Waals surface area contributed by atoms with Crippen LogP contribution < -0.4 is 4.74 Å². The van der Waals surface area contributed by atoms with Crippen LogP contribution in [0.3, 0.4) is 0 Å². The van der Waals surface area contributed by atoms with E-state index in [-0.39, 0.29) is 0 Å². The molecule has 5 heteroatoms. The maximum absolute atomic E-state index is 9.70. The van der Waals surface area contributed by atoms with Gasteiger partial charge in [0.15, 0.2) is 0 Å². The molecule has 0 saturated carbocycles. The monoisotopic (exact) mass is 274 g/mol. The van der Waals surface area contributed by atoms with E-state index >= 15 is 0 Å². The van der Waals surface area contributed by atoms with Gasteiger partial charge in [-0.2, -0.15) is 5.26 Å². The Labute approximate surface area is 115 Å². The van der Waals surface area contributed by atoms with Crippen molar-refractivity contribution in [2.24, 2.45) is 0 Å². The second-order valence-corrected chi connectivity index (χ2v) is 4.42. The molecule has 0 radical (unpaired) electrons. The van der Waals surface area contributed by atoms with Gasteiger partial charge in [0.25, 0.3) is 0 Å². The van der Waals surface area contributed by atoms with Crippen LogP contribution in [0, 0.1) is 11.3 Å². The third kappa shape index (κ3) is 3.22. The first-order chi connectivity index (χ1) is 9.10. The number of nitriles is 1. The summed E-state index contributed by atoms with van der Waals surface area (Å²) >= 11 is 5.83. The summed E-state index contributed by atoms with van der Waals surface area (Å²) in [6.07, 6.45) is 2.31. The fraction of sp³-hybridized carbons (Fsp3) is 0.143. The molecule has 1 atom stereocenters. The van der Waals surface area contributed by atoms with Crippen LogP contribution >= 0.6 is 11.6 Å². The van der Waals surface area contributed by atoms with Crippen LogP contribution in [0.1, 0.15) is 24.2 Å². The van der Waals surface area contributed by atoms with Crippen molar-refractivity contribution < 1.29 is 9.84 Å². The number of rotatable bonds is 3. The Morgan fingerprint density at radius 1 is 1.37 bits per heavy atom. The average molecular weight is 275 g/mol. The lowest BCUT2D eigenvalue weighted by molar-refractivity contribution is 0.195. The first-order valence-electron chi connectivity index (χ1n) is 5.60. The first-order valence-corrected chi connectivity index (χ1v) is 5.98. The maximum atomic E-state index is 9.70. The van der Waals surface area contributed by atoms with Crippen LogP contribution in [0.15, 0.2) is 36.7 Å². The van der Waals surface area contributed by atoms with E-state index in [1.165, 1.54) is 12.4 Å². The standard InChI is InChI=1S/C14H11ClN2O2/c1-9(18)13-3-2-10(6-16)4-14(13)19-12-5-11(15)7-17-8-12/h2-5,7-9,18H,1H3/t9-/m0/s1. The van der Waals surface area contributed by atoms with Gasteiger partial charge in [-0.25, -0.2) is 0 Å². The zero-order valence-electron chi connectivity index (χ0n) is 10.2. The van der Waals surface area contributed by atoms with Gasteiger partial charge in [0.2, 0.25) is 0 Å². The predicted octanol–water partition coefficient (Wildman–Crippen LogP) is 3.45. The molecule has 0 aliphatic rings. The van der Waals surface area contributed by atoms with Gasteiger partial charge in [0.1, 0.15) is 11.5 Å². The Balaban J connectivity index is 2.40. The number of aliphatic hydroxyl groups is 1. The van der Waals surface area contributed by atoms with E-state index in [0.29, 0.717) is 27.6 Å². The molecule has 1 heterocycles. The second-order valence-electron chi connectivity index (χ2n) is 3.98. The summed E-state index contributed by atoms with van der Waals surface area (Å²) in [7, 11) is 0. The van der Waals surface area contributed by atoms with Crippen molar-refractivity contribution in [2.45, 2.75) is 13.0 Å². The lowest BCUT2D eigenvalue weighted by atomic mass is 10.1. The minimum absolute atomic E-state index is 0.415. The van der Waals surface area contributed by atoms with Gasteiger partial charge in [0.05, 0.1) is 29.0 Å². The van der Waals surface area contributed by atoms with Gasteiger partial charge < -0.3 is 9.84 Å². The van der Waals surface area contributed by atoms with E-state index in [4.69, 9.17) is 21.6 Å². The van der Waals surface area contributed by atoms with Crippen LogP contribution in [0.2, 0.25) is 5.02 Å². The van der Waals surface area contributed by atoms with Crippen LogP contribution in [0.5, 0.6) is 11.5 Å². The normalized spacial score (nSPS) is 11.7. The number of hydrogen-bond acceptors (Lipinski definition) is 4. The van der Waals surface area contributed by atoms with E-state index in [0.717, 1.165) is 0 Å². The fourth-order valence-electron chi connectivity index (χ4n) is 1.61. The van der Waals surface area contributed by atoms with E-state index in [1.54, 1.807) is 31.2 Å². The highest BCUT2D eigenvalue weighted by atomic mass is 35.5. The van der Waals surface area contributed by atoms with Gasteiger partial charge >= 0.3 is 0 Å². The Morgan fingerprint density at radius 3 is 2.79 bits per heavy atom. The molecule has 2 aromatic rings. The van der Waals surface area contributed by atoms with Crippen molar-refractivity contribution >= 4 is 11.6 Å². The zero-order valence-corrected chi connectivity index (χ0v) is 10.9. The van der Waals surface area contributed by atoms with Crippen molar-refractivity contribution in [1.82, 2.24) is 4.98 Å². The molecular formula is C14H11ClN2O2. The van der Waals surface area contributed by atoms with Crippen molar-refractivity contribution in [3.63, 3.8) is 0 Å². The molecule has 1 N–H and O–H groups in total. The van der Waals surface area contributed by atoms with Crippen LogP contribution in [0.4, 0.5) is 0 Å². The molecule has 0 unspecified atom stereocenters. The van der Waals surface area contributed by atoms with Gasteiger partial charge in [-0.1, -0.05) is 17.7 Å². The molecule has 0 saturated heterocycles. The summed E-state index contributed by atoms with van der Waals surface area (Å²) in [5, 5.41) is 19.0. The number of pyridine rings is 1. The number of benzene rings is 1. The highest BCUT2D eigenvalue weighted by Gasteiger charge is 2.11. The minimum atomic E-state index is -0.699. The molecule has 0 aliphatic heterocycles. The molecule has 0 aliphatic carbocycles. The Kier molecular flexibility index (Phi) is 4.00. The third-order valence-corrected chi connectivity index (χ3v) is 2.71. The van der Waals surface area contributed by atoms with Crippen molar-refractivity contribution in [3.05, 3.63) is 52.8 Å². The summed E-state index contributed by atoms with van der Waals surface area (Å²) in [5.74, 6) is 0.864. The smallest absolute Gasteiger partial charge is 0.147 e. The largest absolute Gasteiger partial charge is 0.455 e. The van der Waals surface area contributed by atoms with Crippen molar-refractivity contribution in [1.29, 1.82) is 5.26 Å². The molecule has 1 aromatic heterocycles. The molecule has 0 bridgehead atoms. The Bertz CT molecular complexity index is 636. The molecule has 2 rings (SSSR count). The summed E-state index contributed by atoms with van der Waals surface area (Å²) in [6, 6.07) is 8.50. The van der Waals surface area contributed by atoms with E-state index in [2.05, 4.69) is 4.98 Å². The minimum Gasteiger partial charge on any atom is -0.455 e. The molecule has 0 amide bonds. The molecule has 0 spiro atoms. The number of aliphatic hydroxyl groups excluding tert-OH is 1. The number of nitrogens with zero attached hydrogens (tertiary/aromatic N) is 2. The zero-order chi connectivity index (χ0) is 13.8. The van der Waals surface area contributed by atoms with Gasteiger partial charge in [-0.15, -0.1) is 0 Å². The van der Waals surface area contributed by atoms with Gasteiger partial charge in [-0.05, 0) is 19.1 Å². The van der Waals surface area contributed by atoms with Gasteiger partial charge in [0, 0.05) is 17.8 Å². The Hall–Kier alpha value is -2.09. The average Bonchev–Trinajstić information content (AvgIpc) is 2.38. The summed E-state index contributed by atoms with van der Waals surface area (Å²) in [5.41, 5.74) is 1.05. The van der Waals surface area contributed by atoms with E-state index < -0.39 is 6.10 Å². The number of hydrogen-bond donors (Lipinski definition) is 1. The molecular weight excluding hydrogens is 264 g/mol. The molecule has 1 aromatic carbocycles. The van der Waals surface area contributed by atoms with Crippen LogP contribution in [-0.4, -0.2) is 10.1 Å². The summed E-state index contributed by atoms with van der Waals surface area (Å²) in [6.45, 7) is 1.63. The molecule has 4 nitrogen and oxygen atoms in total. The second kappa shape index (κ2) is 5.70. The fourth-order valence-corrected chi connectivity index (χ4v) is 1.78. The maximum Gasteiger partial charge on any atom is 0.147 e. The number of halogens is 1. The predicted molar refractivity (Wildman–Crippen MR) is 71.1 cm³/mol. The van der Waals surface area contributed by atoms with Crippen molar-refractivity contribution in [3.8, 4) is 17.6 Å². The lowest BCUT2D eigenvalue weighted by Crippen LogP contribution is -1.97. The number of aromatic nitrogens is 1. The lowest BCUT2D eigenvalue weighted by Gasteiger charge is -2.13. The topological polar surface area (TPSA) is 66.1 Å². The SMILES string of the molecule is C[C@H](O)c1ccc(C#N)cc1Oc1cncc(Cl)c1. The van der Waals surface area contributed by atoms with Gasteiger partial charge in [-0.3, -0.25) is 4.98 Å². The summed E-state index contributed by atoms with van der Waals surface area (Å²) < 4.78 is 5.64. The molecule has 96 valence electrons. The van der Waals surface area contributed by atoms with Crippen LogP contribution in [0.25, 0.3) is 0 Å². The highest BCUT2D eigenvalue weighted by molar-refractivity contribution is 6.30. The third-order valence-electron chi connectivity index (χ3n) is 2.50. The Morgan fingerprint density at radius 2 is 2.16 bits per heavy atom. The highest BCUT2D eigenvalue weighted by Crippen LogP contribution is 2.31. The van der Waals surface area contributed by atoms with Crippen LogP contribution in [-0.2, 0) is 0 Å². The van der Waals surface area contributed by atoms with Crippen molar-refractivity contribution in [2.75, 3.05) is 0 Å². The van der Waals surface area contributed by atoms with E-state index in [9.17, 15) is 5.11 Å². The van der Waals surface area contributed by atoms with E-state index in [1.807, 2.05) is 6.07 Å². The first kappa shape index (κ1) is 13.3.